The lowest BCUT2D eigenvalue weighted by molar-refractivity contribution is 1.36. The molecule has 1 aromatic rings. The Morgan fingerprint density at radius 1 is 1.22 bits per heavy atom. The summed E-state index contributed by atoms with van der Waals surface area (Å²) in [7, 11) is 3.43. The number of aryl methyl sites for hydroxylation is 1. The third kappa shape index (κ3) is 1.68. The van der Waals surface area contributed by atoms with Crippen LogP contribution in [0, 0.1) is 6.92 Å². The lowest BCUT2D eigenvalue weighted by Gasteiger charge is -1.94. The summed E-state index contributed by atoms with van der Waals surface area (Å²) >= 11 is 0. The molecule has 0 unspecified atom stereocenters. The molecule has 0 aromatic heterocycles. The SMILES string of the molecule is Cc1ccc(C[Si])cc1. The van der Waals surface area contributed by atoms with Gasteiger partial charge < -0.3 is 0 Å². The van der Waals surface area contributed by atoms with Crippen LogP contribution in [0.4, 0.5) is 0 Å². The molecule has 0 saturated heterocycles. The third-order valence-corrected chi connectivity index (χ3v) is 1.73. The Morgan fingerprint density at radius 3 is 2.22 bits per heavy atom. The fourth-order valence-corrected chi connectivity index (χ4v) is 0.942. The zero-order valence-corrected chi connectivity index (χ0v) is 6.52. The van der Waals surface area contributed by atoms with Crippen LogP contribution in [-0.2, 0) is 6.04 Å². The van der Waals surface area contributed by atoms with Crippen molar-refractivity contribution in [3.63, 3.8) is 0 Å². The maximum Gasteiger partial charge on any atom is 0.0283 e. The molecule has 0 aliphatic heterocycles. The molecule has 0 N–H and O–H groups in total. The Balaban J connectivity index is 2.88. The van der Waals surface area contributed by atoms with Crippen molar-refractivity contribution in [2.45, 2.75) is 13.0 Å². The Kier molecular flexibility index (Phi) is 2.06. The fraction of sp³-hybridized carbons (Fsp3) is 0.250. The van der Waals surface area contributed by atoms with Gasteiger partial charge in [-0.1, -0.05) is 35.4 Å². The first-order valence-electron chi connectivity index (χ1n) is 3.03. The summed E-state index contributed by atoms with van der Waals surface area (Å²) in [4.78, 5) is 0. The molecule has 0 bridgehead atoms. The quantitative estimate of drug-likeness (QED) is 0.511. The number of hydrogen-bond donors (Lipinski definition) is 0. The molecule has 9 heavy (non-hydrogen) atoms. The summed E-state index contributed by atoms with van der Waals surface area (Å²) in [5.41, 5.74) is 2.65. The lowest BCUT2D eigenvalue weighted by Crippen LogP contribution is -1.81. The van der Waals surface area contributed by atoms with Gasteiger partial charge in [-0.3, -0.25) is 0 Å². The first-order chi connectivity index (χ1) is 4.33. The van der Waals surface area contributed by atoms with Crippen molar-refractivity contribution < 1.29 is 0 Å². The molecule has 3 radical (unpaired) electrons. The van der Waals surface area contributed by atoms with E-state index in [4.69, 9.17) is 0 Å². The van der Waals surface area contributed by atoms with E-state index in [-0.39, 0.29) is 0 Å². The molecule has 0 heterocycles. The zero-order valence-electron chi connectivity index (χ0n) is 5.52. The van der Waals surface area contributed by atoms with Gasteiger partial charge in [-0.15, -0.1) is 0 Å². The van der Waals surface area contributed by atoms with Gasteiger partial charge in [-0.05, 0) is 13.0 Å². The predicted molar refractivity (Wildman–Crippen MR) is 40.6 cm³/mol. The van der Waals surface area contributed by atoms with Crippen LogP contribution in [0.3, 0.4) is 0 Å². The number of rotatable bonds is 1. The van der Waals surface area contributed by atoms with Crippen LogP contribution in [0.1, 0.15) is 11.1 Å². The van der Waals surface area contributed by atoms with E-state index in [0.717, 1.165) is 6.04 Å². The summed E-state index contributed by atoms with van der Waals surface area (Å²) in [6, 6.07) is 9.44. The molecule has 0 aliphatic carbocycles. The van der Waals surface area contributed by atoms with Gasteiger partial charge in [0.25, 0.3) is 0 Å². The monoisotopic (exact) mass is 133 g/mol. The van der Waals surface area contributed by atoms with Gasteiger partial charge in [0.1, 0.15) is 0 Å². The molecule has 1 rings (SSSR count). The Labute approximate surface area is 59.3 Å². The highest BCUT2D eigenvalue weighted by atomic mass is 28.1. The smallest absolute Gasteiger partial charge is 0.0283 e. The topological polar surface area (TPSA) is 0 Å². The predicted octanol–water partition coefficient (Wildman–Crippen LogP) is 1.66. The molecular formula is C8H9Si. The summed E-state index contributed by atoms with van der Waals surface area (Å²) < 4.78 is 0. The van der Waals surface area contributed by atoms with Crippen molar-refractivity contribution in [1.82, 2.24) is 0 Å². The minimum absolute atomic E-state index is 0.945. The second kappa shape index (κ2) is 2.83. The standard InChI is InChI=1S/C8H9Si/c1-7-2-4-8(6-9)5-3-7/h2-5H,6H2,1H3. The Bertz CT molecular complexity index is 176. The van der Waals surface area contributed by atoms with Crippen molar-refractivity contribution >= 4 is 10.2 Å². The van der Waals surface area contributed by atoms with E-state index < -0.39 is 0 Å². The van der Waals surface area contributed by atoms with Crippen molar-refractivity contribution in [1.29, 1.82) is 0 Å². The van der Waals surface area contributed by atoms with E-state index in [1.54, 1.807) is 0 Å². The Hall–Kier alpha value is -0.563. The van der Waals surface area contributed by atoms with Gasteiger partial charge in [0, 0.05) is 10.2 Å². The molecular weight excluding hydrogens is 124 g/mol. The maximum atomic E-state index is 3.43. The molecule has 0 spiro atoms. The van der Waals surface area contributed by atoms with Crippen molar-refractivity contribution in [2.75, 3.05) is 0 Å². The number of hydrogen-bond acceptors (Lipinski definition) is 0. The summed E-state index contributed by atoms with van der Waals surface area (Å²) in [6.07, 6.45) is 0. The second-order valence-corrected chi connectivity index (χ2v) is 2.52. The highest BCUT2D eigenvalue weighted by Crippen LogP contribution is 2.01. The van der Waals surface area contributed by atoms with E-state index in [0.29, 0.717) is 0 Å². The minimum Gasteiger partial charge on any atom is -0.0591 e. The van der Waals surface area contributed by atoms with Gasteiger partial charge in [0.2, 0.25) is 0 Å². The molecule has 0 atom stereocenters. The van der Waals surface area contributed by atoms with Gasteiger partial charge >= 0.3 is 0 Å². The summed E-state index contributed by atoms with van der Waals surface area (Å²) in [5, 5.41) is 0. The largest absolute Gasteiger partial charge is 0.0591 e. The highest BCUT2D eigenvalue weighted by molar-refractivity contribution is 6.08. The molecule has 0 amide bonds. The lowest BCUT2D eigenvalue weighted by atomic mass is 10.2. The van der Waals surface area contributed by atoms with E-state index in [1.807, 2.05) is 0 Å². The maximum absolute atomic E-state index is 3.43. The average molecular weight is 133 g/mol. The molecule has 0 saturated carbocycles. The highest BCUT2D eigenvalue weighted by Gasteiger charge is 1.84. The minimum atomic E-state index is 0.945. The first kappa shape index (κ1) is 6.56. The van der Waals surface area contributed by atoms with E-state index >= 15 is 0 Å². The molecule has 45 valence electrons. The van der Waals surface area contributed by atoms with Gasteiger partial charge in [-0.25, -0.2) is 0 Å². The van der Waals surface area contributed by atoms with Gasteiger partial charge in [0.15, 0.2) is 0 Å². The third-order valence-electron chi connectivity index (χ3n) is 1.32. The van der Waals surface area contributed by atoms with Crippen LogP contribution < -0.4 is 0 Å². The van der Waals surface area contributed by atoms with Crippen molar-refractivity contribution in [2.24, 2.45) is 0 Å². The Morgan fingerprint density at radius 2 is 1.78 bits per heavy atom. The van der Waals surface area contributed by atoms with Crippen LogP contribution in [0.5, 0.6) is 0 Å². The molecule has 1 heteroatoms. The summed E-state index contributed by atoms with van der Waals surface area (Å²) in [5.74, 6) is 0. The second-order valence-electron chi connectivity index (χ2n) is 2.16. The van der Waals surface area contributed by atoms with Crippen LogP contribution in [0.2, 0.25) is 0 Å². The molecule has 0 fully saturated rings. The van der Waals surface area contributed by atoms with Crippen molar-refractivity contribution in [3.8, 4) is 0 Å². The summed E-state index contributed by atoms with van der Waals surface area (Å²) in [6.45, 7) is 2.09. The van der Waals surface area contributed by atoms with Crippen molar-refractivity contribution in [3.05, 3.63) is 35.4 Å². The first-order valence-corrected chi connectivity index (χ1v) is 3.74. The van der Waals surface area contributed by atoms with Crippen LogP contribution in [0.25, 0.3) is 0 Å². The van der Waals surface area contributed by atoms with Crippen LogP contribution in [0.15, 0.2) is 24.3 Å². The molecule has 1 aromatic carbocycles. The number of benzene rings is 1. The zero-order chi connectivity index (χ0) is 6.69. The van der Waals surface area contributed by atoms with Gasteiger partial charge in [0.05, 0.1) is 0 Å². The van der Waals surface area contributed by atoms with E-state index in [2.05, 4.69) is 41.4 Å². The molecule has 0 nitrogen and oxygen atoms in total. The van der Waals surface area contributed by atoms with Gasteiger partial charge in [-0.2, -0.15) is 0 Å². The van der Waals surface area contributed by atoms with E-state index in [9.17, 15) is 0 Å². The average Bonchev–Trinajstić information content (AvgIpc) is 1.90. The fourth-order valence-electron chi connectivity index (χ4n) is 0.706. The molecule has 0 aliphatic rings. The van der Waals surface area contributed by atoms with Crippen LogP contribution in [-0.4, -0.2) is 10.2 Å². The van der Waals surface area contributed by atoms with E-state index in [1.165, 1.54) is 11.1 Å². The van der Waals surface area contributed by atoms with Crippen LogP contribution >= 0.6 is 0 Å². The normalized spacial score (nSPS) is 9.56.